The number of thioether (sulfide) groups is 1. The number of hydrogen-bond donors (Lipinski definition) is 1. The maximum Gasteiger partial charge on any atom is 0.260 e. The number of carbonyl (C=O) groups is 1. The van der Waals surface area contributed by atoms with E-state index in [1.54, 1.807) is 6.92 Å². The normalized spacial score (nSPS) is 11.8. The number of ether oxygens (including phenoxy) is 1. The van der Waals surface area contributed by atoms with Gasteiger partial charge in [-0.2, -0.15) is 11.8 Å². The second-order valence-electron chi connectivity index (χ2n) is 6.36. The third-order valence-corrected chi connectivity index (χ3v) is 4.98. The van der Waals surface area contributed by atoms with Crippen molar-refractivity contribution in [1.29, 1.82) is 0 Å². The lowest BCUT2D eigenvalue weighted by Gasteiger charge is -2.16. The third-order valence-electron chi connectivity index (χ3n) is 3.95. The third kappa shape index (κ3) is 6.46. The second kappa shape index (κ2) is 9.52. The molecule has 0 aromatic heterocycles. The average molecular weight is 358 g/mol. The Morgan fingerprint density at radius 2 is 1.76 bits per heavy atom. The van der Waals surface area contributed by atoms with Crippen LogP contribution in [0.4, 0.5) is 0 Å². The predicted molar refractivity (Wildman–Crippen MR) is 106 cm³/mol. The Labute approximate surface area is 155 Å². The van der Waals surface area contributed by atoms with Crippen LogP contribution >= 0.6 is 11.8 Å². The van der Waals surface area contributed by atoms with Gasteiger partial charge in [0.1, 0.15) is 5.75 Å². The number of benzene rings is 2. The quantitative estimate of drug-likeness (QED) is 0.710. The minimum atomic E-state index is -0.498. The largest absolute Gasteiger partial charge is 0.481 e. The summed E-state index contributed by atoms with van der Waals surface area (Å²) >= 11 is 1.82. The summed E-state index contributed by atoms with van der Waals surface area (Å²) in [6.45, 7) is 8.53. The molecule has 2 aromatic carbocycles. The van der Waals surface area contributed by atoms with Gasteiger partial charge in [0.15, 0.2) is 6.10 Å². The highest BCUT2D eigenvalue weighted by atomic mass is 32.2. The summed E-state index contributed by atoms with van der Waals surface area (Å²) in [6, 6.07) is 14.6. The van der Waals surface area contributed by atoms with Gasteiger partial charge in [-0.1, -0.05) is 42.0 Å². The van der Waals surface area contributed by atoms with E-state index in [9.17, 15) is 4.79 Å². The van der Waals surface area contributed by atoms with Crippen LogP contribution < -0.4 is 10.1 Å². The minimum absolute atomic E-state index is 0.0724. The Bertz CT molecular complexity index is 698. The van der Waals surface area contributed by atoms with Crippen LogP contribution in [0.1, 0.15) is 29.2 Å². The van der Waals surface area contributed by atoms with Crippen molar-refractivity contribution in [3.63, 3.8) is 0 Å². The Morgan fingerprint density at radius 3 is 2.48 bits per heavy atom. The minimum Gasteiger partial charge on any atom is -0.481 e. The van der Waals surface area contributed by atoms with Crippen molar-refractivity contribution in [2.24, 2.45) is 0 Å². The number of amides is 1. The lowest BCUT2D eigenvalue weighted by atomic mass is 10.1. The highest BCUT2D eigenvalue weighted by Crippen LogP contribution is 2.20. The Kier molecular flexibility index (Phi) is 7.38. The van der Waals surface area contributed by atoms with Crippen molar-refractivity contribution < 1.29 is 9.53 Å². The first kappa shape index (κ1) is 19.4. The van der Waals surface area contributed by atoms with E-state index in [1.165, 1.54) is 11.1 Å². The van der Waals surface area contributed by atoms with Gasteiger partial charge in [-0.05, 0) is 50.5 Å². The van der Waals surface area contributed by atoms with Crippen molar-refractivity contribution in [2.75, 3.05) is 12.3 Å². The molecule has 2 rings (SSSR count). The van der Waals surface area contributed by atoms with Gasteiger partial charge in [-0.25, -0.2) is 0 Å². The summed E-state index contributed by atoms with van der Waals surface area (Å²) in [7, 11) is 0. The number of aryl methyl sites for hydroxylation is 3. The molecule has 1 atom stereocenters. The molecule has 1 amide bonds. The van der Waals surface area contributed by atoms with Crippen LogP contribution in [0.5, 0.6) is 5.75 Å². The van der Waals surface area contributed by atoms with E-state index in [4.69, 9.17) is 4.74 Å². The molecule has 134 valence electrons. The molecular weight excluding hydrogens is 330 g/mol. The second-order valence-corrected chi connectivity index (χ2v) is 7.46. The molecule has 0 bridgehead atoms. The summed E-state index contributed by atoms with van der Waals surface area (Å²) in [6.07, 6.45) is -0.498. The highest BCUT2D eigenvalue weighted by Gasteiger charge is 2.15. The van der Waals surface area contributed by atoms with E-state index in [1.807, 2.05) is 43.8 Å². The van der Waals surface area contributed by atoms with Crippen LogP contribution in [0.2, 0.25) is 0 Å². The van der Waals surface area contributed by atoms with Gasteiger partial charge in [0, 0.05) is 18.1 Å². The molecule has 0 heterocycles. The molecule has 1 N–H and O–H groups in total. The molecular formula is C21H27NO2S. The molecule has 3 nitrogen and oxygen atoms in total. The Morgan fingerprint density at radius 1 is 1.08 bits per heavy atom. The molecule has 4 heteroatoms. The molecule has 0 saturated heterocycles. The van der Waals surface area contributed by atoms with E-state index < -0.39 is 6.10 Å². The van der Waals surface area contributed by atoms with E-state index >= 15 is 0 Å². The lowest BCUT2D eigenvalue weighted by molar-refractivity contribution is -0.127. The van der Waals surface area contributed by atoms with Gasteiger partial charge in [0.05, 0.1) is 0 Å². The molecule has 0 radical (unpaired) electrons. The maximum atomic E-state index is 12.2. The van der Waals surface area contributed by atoms with Crippen molar-refractivity contribution in [3.05, 3.63) is 64.7 Å². The van der Waals surface area contributed by atoms with Crippen LogP contribution in [0.15, 0.2) is 42.5 Å². The molecule has 0 saturated carbocycles. The SMILES string of the molecule is Cc1ccc(CSCCNC(=O)[C@H](C)Oc2cc(C)ccc2C)cc1. The fourth-order valence-corrected chi connectivity index (χ4v) is 3.16. The van der Waals surface area contributed by atoms with E-state index in [0.717, 1.165) is 28.4 Å². The average Bonchev–Trinajstić information content (AvgIpc) is 2.59. The topological polar surface area (TPSA) is 38.3 Å². The summed E-state index contributed by atoms with van der Waals surface area (Å²) in [4.78, 5) is 12.2. The standard InChI is InChI=1S/C21H27NO2S/c1-15-6-9-19(10-7-15)14-25-12-11-22-21(23)18(4)24-20-13-16(2)5-8-17(20)3/h5-10,13,18H,11-12,14H2,1-4H3,(H,22,23)/t18-/m0/s1. The van der Waals surface area contributed by atoms with Crippen LogP contribution in [0.25, 0.3) is 0 Å². The van der Waals surface area contributed by atoms with Gasteiger partial charge in [-0.3, -0.25) is 4.79 Å². The first-order valence-electron chi connectivity index (χ1n) is 8.60. The predicted octanol–water partition coefficient (Wildman–Crippen LogP) is 4.43. The zero-order valence-corrected chi connectivity index (χ0v) is 16.3. The molecule has 0 aliphatic carbocycles. The lowest BCUT2D eigenvalue weighted by Crippen LogP contribution is -2.37. The van der Waals surface area contributed by atoms with Gasteiger partial charge in [0.25, 0.3) is 5.91 Å². The molecule has 0 aliphatic rings. The molecule has 0 unspecified atom stereocenters. The molecule has 25 heavy (non-hydrogen) atoms. The summed E-state index contributed by atoms with van der Waals surface area (Å²) in [5.74, 6) is 2.55. The van der Waals surface area contributed by atoms with Crippen LogP contribution in [0.3, 0.4) is 0 Å². The molecule has 2 aromatic rings. The van der Waals surface area contributed by atoms with Gasteiger partial charge in [0.2, 0.25) is 0 Å². The zero-order chi connectivity index (χ0) is 18.2. The Balaban J connectivity index is 1.69. The number of nitrogens with one attached hydrogen (secondary N) is 1. The van der Waals surface area contributed by atoms with E-state index in [0.29, 0.717) is 6.54 Å². The summed E-state index contributed by atoms with van der Waals surface area (Å²) < 4.78 is 5.81. The van der Waals surface area contributed by atoms with E-state index in [2.05, 4.69) is 36.5 Å². The van der Waals surface area contributed by atoms with Crippen LogP contribution in [-0.4, -0.2) is 24.3 Å². The molecule has 0 fully saturated rings. The summed E-state index contributed by atoms with van der Waals surface area (Å²) in [5, 5.41) is 2.95. The van der Waals surface area contributed by atoms with E-state index in [-0.39, 0.29) is 5.91 Å². The van der Waals surface area contributed by atoms with Gasteiger partial charge < -0.3 is 10.1 Å². The smallest absolute Gasteiger partial charge is 0.260 e. The monoisotopic (exact) mass is 357 g/mol. The van der Waals surface area contributed by atoms with Crippen LogP contribution in [0, 0.1) is 20.8 Å². The van der Waals surface area contributed by atoms with Gasteiger partial charge >= 0.3 is 0 Å². The fourth-order valence-electron chi connectivity index (χ4n) is 2.34. The first-order chi connectivity index (χ1) is 12.0. The van der Waals surface area contributed by atoms with Crippen LogP contribution in [-0.2, 0) is 10.5 Å². The Hall–Kier alpha value is -1.94. The van der Waals surface area contributed by atoms with Crippen molar-refractivity contribution in [3.8, 4) is 5.75 Å². The van der Waals surface area contributed by atoms with Gasteiger partial charge in [-0.15, -0.1) is 0 Å². The fraction of sp³-hybridized carbons (Fsp3) is 0.381. The number of hydrogen-bond acceptors (Lipinski definition) is 3. The van der Waals surface area contributed by atoms with Crippen molar-refractivity contribution >= 4 is 17.7 Å². The van der Waals surface area contributed by atoms with Crippen molar-refractivity contribution in [1.82, 2.24) is 5.32 Å². The molecule has 0 aliphatic heterocycles. The zero-order valence-electron chi connectivity index (χ0n) is 15.5. The maximum absolute atomic E-state index is 12.2. The number of carbonyl (C=O) groups excluding carboxylic acids is 1. The first-order valence-corrected chi connectivity index (χ1v) is 9.76. The summed E-state index contributed by atoms with van der Waals surface area (Å²) in [5.41, 5.74) is 4.76. The van der Waals surface area contributed by atoms with Crippen molar-refractivity contribution in [2.45, 2.75) is 39.6 Å². The molecule has 0 spiro atoms. The highest BCUT2D eigenvalue weighted by molar-refractivity contribution is 7.98. The number of rotatable bonds is 8.